The van der Waals surface area contributed by atoms with Crippen molar-refractivity contribution in [1.82, 2.24) is 15.5 Å². The van der Waals surface area contributed by atoms with Crippen LogP contribution in [0.4, 0.5) is 8.78 Å². The van der Waals surface area contributed by atoms with Gasteiger partial charge in [0, 0.05) is 11.6 Å². The van der Waals surface area contributed by atoms with Crippen molar-refractivity contribution in [2.24, 2.45) is 0 Å². The molecule has 0 unspecified atom stereocenters. The van der Waals surface area contributed by atoms with Crippen LogP contribution in [0.25, 0.3) is 11.5 Å². The average Bonchev–Trinajstić information content (AvgIpc) is 3.08. The number of hydrogen-bond acceptors (Lipinski definition) is 4. The van der Waals surface area contributed by atoms with Gasteiger partial charge in [0.2, 0.25) is 11.8 Å². The molecule has 0 spiro atoms. The van der Waals surface area contributed by atoms with E-state index in [1.165, 1.54) is 18.9 Å². The molecule has 0 bridgehead atoms. The molecule has 1 aliphatic rings. The Morgan fingerprint density at radius 3 is 2.78 bits per heavy atom. The van der Waals surface area contributed by atoms with Crippen LogP contribution in [-0.2, 0) is 6.54 Å². The van der Waals surface area contributed by atoms with Crippen molar-refractivity contribution in [3.8, 4) is 11.5 Å². The highest BCUT2D eigenvalue weighted by molar-refractivity contribution is 5.52. The number of benzene rings is 1. The fourth-order valence-electron chi connectivity index (χ4n) is 1.59. The Morgan fingerprint density at radius 2 is 2.06 bits per heavy atom. The predicted molar refractivity (Wildman–Crippen MR) is 59.5 cm³/mol. The van der Waals surface area contributed by atoms with Gasteiger partial charge in [0.15, 0.2) is 11.6 Å². The molecule has 1 aromatic carbocycles. The topological polar surface area (TPSA) is 51.0 Å². The molecule has 1 N–H and O–H groups in total. The molecule has 1 saturated carbocycles. The molecule has 0 amide bonds. The lowest BCUT2D eigenvalue weighted by Crippen LogP contribution is -2.15. The minimum absolute atomic E-state index is 0.196. The molecule has 0 saturated heterocycles. The first-order valence-electron chi connectivity index (χ1n) is 5.73. The van der Waals surface area contributed by atoms with Crippen LogP contribution in [0, 0.1) is 11.6 Å². The fourth-order valence-corrected chi connectivity index (χ4v) is 1.59. The first-order chi connectivity index (χ1) is 8.72. The molecule has 1 heterocycles. The van der Waals surface area contributed by atoms with E-state index in [0.717, 1.165) is 12.1 Å². The van der Waals surface area contributed by atoms with E-state index in [4.69, 9.17) is 4.42 Å². The molecule has 0 radical (unpaired) electrons. The summed E-state index contributed by atoms with van der Waals surface area (Å²) in [7, 11) is 0. The third-order valence-corrected chi connectivity index (χ3v) is 2.75. The smallest absolute Gasteiger partial charge is 0.247 e. The Hall–Kier alpha value is -1.82. The van der Waals surface area contributed by atoms with Gasteiger partial charge >= 0.3 is 0 Å². The Kier molecular flexibility index (Phi) is 2.79. The predicted octanol–water partition coefficient (Wildman–Crippen LogP) is 2.27. The van der Waals surface area contributed by atoms with Crippen molar-refractivity contribution in [1.29, 1.82) is 0 Å². The summed E-state index contributed by atoms with van der Waals surface area (Å²) in [4.78, 5) is 0. The van der Waals surface area contributed by atoms with E-state index in [-0.39, 0.29) is 5.89 Å². The van der Waals surface area contributed by atoms with Crippen molar-refractivity contribution in [3.63, 3.8) is 0 Å². The van der Waals surface area contributed by atoms with Gasteiger partial charge in [-0.25, -0.2) is 8.78 Å². The fraction of sp³-hybridized carbons (Fsp3) is 0.333. The molecule has 0 atom stereocenters. The van der Waals surface area contributed by atoms with E-state index in [2.05, 4.69) is 15.5 Å². The number of aromatic nitrogens is 2. The van der Waals surface area contributed by atoms with Crippen molar-refractivity contribution in [3.05, 3.63) is 35.7 Å². The van der Waals surface area contributed by atoms with E-state index < -0.39 is 11.6 Å². The molecule has 1 aliphatic carbocycles. The van der Waals surface area contributed by atoms with Gasteiger partial charge in [0.05, 0.1) is 6.54 Å². The van der Waals surface area contributed by atoms with Crippen LogP contribution < -0.4 is 5.32 Å². The normalized spacial score (nSPS) is 15.0. The largest absolute Gasteiger partial charge is 0.419 e. The van der Waals surface area contributed by atoms with Gasteiger partial charge < -0.3 is 9.73 Å². The molecule has 3 rings (SSSR count). The van der Waals surface area contributed by atoms with E-state index in [0.29, 0.717) is 24.0 Å². The molecule has 18 heavy (non-hydrogen) atoms. The molecule has 1 aromatic heterocycles. The van der Waals surface area contributed by atoms with Crippen LogP contribution in [0.1, 0.15) is 18.7 Å². The summed E-state index contributed by atoms with van der Waals surface area (Å²) in [6, 6.07) is 4.03. The van der Waals surface area contributed by atoms with Gasteiger partial charge in [0.1, 0.15) is 0 Å². The van der Waals surface area contributed by atoms with Gasteiger partial charge in [-0.3, -0.25) is 0 Å². The molecule has 0 aliphatic heterocycles. The van der Waals surface area contributed by atoms with Crippen LogP contribution in [0.2, 0.25) is 0 Å². The zero-order chi connectivity index (χ0) is 12.5. The number of halogens is 2. The zero-order valence-electron chi connectivity index (χ0n) is 9.49. The molecule has 1 fully saturated rings. The maximum absolute atomic E-state index is 13.1. The maximum Gasteiger partial charge on any atom is 0.247 e. The quantitative estimate of drug-likeness (QED) is 0.905. The number of rotatable bonds is 4. The Labute approximate surface area is 102 Å². The van der Waals surface area contributed by atoms with Crippen LogP contribution in [0.15, 0.2) is 22.6 Å². The van der Waals surface area contributed by atoms with Crippen molar-refractivity contribution < 1.29 is 13.2 Å². The third-order valence-electron chi connectivity index (χ3n) is 2.75. The lowest BCUT2D eigenvalue weighted by Gasteiger charge is -1.97. The number of nitrogens with one attached hydrogen (secondary N) is 1. The van der Waals surface area contributed by atoms with Crippen molar-refractivity contribution in [2.75, 3.05) is 0 Å². The molecular formula is C12H11F2N3O. The number of hydrogen-bond donors (Lipinski definition) is 1. The highest BCUT2D eigenvalue weighted by Crippen LogP contribution is 2.22. The second-order valence-corrected chi connectivity index (χ2v) is 4.29. The lowest BCUT2D eigenvalue weighted by molar-refractivity contribution is 0.475. The van der Waals surface area contributed by atoms with Gasteiger partial charge in [-0.1, -0.05) is 0 Å². The molecule has 2 aromatic rings. The molecule has 4 nitrogen and oxygen atoms in total. The van der Waals surface area contributed by atoms with Gasteiger partial charge in [0.25, 0.3) is 0 Å². The van der Waals surface area contributed by atoms with Crippen LogP contribution in [-0.4, -0.2) is 16.2 Å². The van der Waals surface area contributed by atoms with Crippen LogP contribution >= 0.6 is 0 Å². The third kappa shape index (κ3) is 2.38. The summed E-state index contributed by atoms with van der Waals surface area (Å²) in [5, 5.41) is 10.9. The number of nitrogens with zero attached hydrogens (tertiary/aromatic N) is 2. The Bertz CT molecular complexity index is 566. The van der Waals surface area contributed by atoms with Gasteiger partial charge in [-0.05, 0) is 31.0 Å². The van der Waals surface area contributed by atoms with Gasteiger partial charge in [-0.15, -0.1) is 10.2 Å². The second kappa shape index (κ2) is 4.45. The standard InChI is InChI=1S/C12H11F2N3O/c13-9-4-1-7(5-10(9)14)12-17-16-11(18-12)6-15-8-2-3-8/h1,4-5,8,15H,2-3,6H2. The average molecular weight is 251 g/mol. The summed E-state index contributed by atoms with van der Waals surface area (Å²) in [6.07, 6.45) is 2.34. The van der Waals surface area contributed by atoms with E-state index in [1.54, 1.807) is 0 Å². The Morgan fingerprint density at radius 1 is 1.22 bits per heavy atom. The van der Waals surface area contributed by atoms with Crippen LogP contribution in [0.5, 0.6) is 0 Å². The van der Waals surface area contributed by atoms with E-state index in [9.17, 15) is 8.78 Å². The lowest BCUT2D eigenvalue weighted by atomic mass is 10.2. The maximum atomic E-state index is 13.1. The minimum atomic E-state index is -0.927. The highest BCUT2D eigenvalue weighted by Gasteiger charge is 2.21. The van der Waals surface area contributed by atoms with E-state index in [1.807, 2.05) is 0 Å². The van der Waals surface area contributed by atoms with Crippen molar-refractivity contribution >= 4 is 0 Å². The minimum Gasteiger partial charge on any atom is -0.419 e. The summed E-state index contributed by atoms with van der Waals surface area (Å²) in [6.45, 7) is 0.501. The van der Waals surface area contributed by atoms with Crippen molar-refractivity contribution in [2.45, 2.75) is 25.4 Å². The zero-order valence-corrected chi connectivity index (χ0v) is 9.49. The molecule has 94 valence electrons. The van der Waals surface area contributed by atoms with Crippen LogP contribution in [0.3, 0.4) is 0 Å². The summed E-state index contributed by atoms with van der Waals surface area (Å²) >= 11 is 0. The monoisotopic (exact) mass is 251 g/mol. The van der Waals surface area contributed by atoms with Gasteiger partial charge in [-0.2, -0.15) is 0 Å². The van der Waals surface area contributed by atoms with E-state index >= 15 is 0 Å². The Balaban J connectivity index is 1.76. The molecule has 6 heteroatoms. The summed E-state index contributed by atoms with van der Waals surface area (Å²) in [5.41, 5.74) is 0.374. The summed E-state index contributed by atoms with van der Waals surface area (Å²) < 4.78 is 31.2. The first-order valence-corrected chi connectivity index (χ1v) is 5.73. The SMILES string of the molecule is Fc1ccc(-c2nnc(CNC3CC3)o2)cc1F. The molecular weight excluding hydrogens is 240 g/mol. The highest BCUT2D eigenvalue weighted by atomic mass is 19.2. The first kappa shape index (κ1) is 11.3. The second-order valence-electron chi connectivity index (χ2n) is 4.29. The summed E-state index contributed by atoms with van der Waals surface area (Å²) in [5.74, 6) is -1.18.